The van der Waals surface area contributed by atoms with E-state index in [4.69, 9.17) is 14.2 Å². The molecule has 2 rings (SSSR count). The highest BCUT2D eigenvalue weighted by molar-refractivity contribution is 5.79. The number of nitrogens with one attached hydrogen (secondary N) is 2. The van der Waals surface area contributed by atoms with Crippen LogP contribution in [0.5, 0.6) is 17.2 Å². The maximum absolute atomic E-state index is 5.99. The highest BCUT2D eigenvalue weighted by Crippen LogP contribution is 2.24. The quantitative estimate of drug-likeness (QED) is 0.551. The van der Waals surface area contributed by atoms with Gasteiger partial charge in [0.25, 0.3) is 0 Å². The van der Waals surface area contributed by atoms with Gasteiger partial charge in [0.2, 0.25) is 0 Å². The minimum atomic E-state index is 0.000160. The van der Waals surface area contributed by atoms with Gasteiger partial charge in [-0.15, -0.1) is 0 Å². The third-order valence-corrected chi connectivity index (χ3v) is 4.14. The minimum Gasteiger partial charge on any atom is -0.497 e. The summed E-state index contributed by atoms with van der Waals surface area (Å²) in [7, 11) is 5.03. The Balaban J connectivity index is 1.86. The fraction of sp³-hybridized carbons (Fsp3) is 0.381. The van der Waals surface area contributed by atoms with Crippen molar-refractivity contribution in [3.05, 3.63) is 53.6 Å². The summed E-state index contributed by atoms with van der Waals surface area (Å²) in [5, 5.41) is 6.58. The van der Waals surface area contributed by atoms with Gasteiger partial charge in [0.05, 0.1) is 20.8 Å². The van der Waals surface area contributed by atoms with E-state index in [-0.39, 0.29) is 6.10 Å². The van der Waals surface area contributed by atoms with Crippen LogP contribution in [-0.4, -0.2) is 39.9 Å². The van der Waals surface area contributed by atoms with Crippen molar-refractivity contribution >= 4 is 5.96 Å². The van der Waals surface area contributed by atoms with Gasteiger partial charge in [0.1, 0.15) is 23.4 Å². The molecule has 0 saturated heterocycles. The number of methoxy groups -OCH3 is 2. The molecule has 0 fully saturated rings. The molecule has 6 nitrogen and oxygen atoms in total. The van der Waals surface area contributed by atoms with Crippen LogP contribution in [0.25, 0.3) is 0 Å². The van der Waals surface area contributed by atoms with Crippen LogP contribution in [0.1, 0.15) is 18.1 Å². The molecule has 0 aliphatic heterocycles. The average Bonchev–Trinajstić information content (AvgIpc) is 2.69. The van der Waals surface area contributed by atoms with Crippen molar-refractivity contribution in [1.82, 2.24) is 10.6 Å². The SMILES string of the molecule is CN=C(NCc1ccc(OC)cc1OC)NCC(C)Oc1ccccc1C. The number of hydrogen-bond donors (Lipinski definition) is 2. The van der Waals surface area contributed by atoms with Crippen LogP contribution in [0.15, 0.2) is 47.5 Å². The van der Waals surface area contributed by atoms with Crippen molar-refractivity contribution in [3.8, 4) is 17.2 Å². The number of hydrogen-bond acceptors (Lipinski definition) is 4. The van der Waals surface area contributed by atoms with Crippen molar-refractivity contribution in [2.24, 2.45) is 4.99 Å². The number of rotatable bonds is 8. The largest absolute Gasteiger partial charge is 0.497 e. The second-order valence-corrected chi connectivity index (χ2v) is 6.18. The summed E-state index contributed by atoms with van der Waals surface area (Å²) in [6, 6.07) is 13.8. The van der Waals surface area contributed by atoms with Crippen LogP contribution in [0.3, 0.4) is 0 Å². The van der Waals surface area contributed by atoms with E-state index in [0.717, 1.165) is 28.4 Å². The van der Waals surface area contributed by atoms with Gasteiger partial charge in [-0.05, 0) is 37.6 Å². The molecule has 146 valence electrons. The van der Waals surface area contributed by atoms with E-state index in [1.807, 2.05) is 56.3 Å². The van der Waals surface area contributed by atoms with Gasteiger partial charge in [0, 0.05) is 25.2 Å². The van der Waals surface area contributed by atoms with E-state index >= 15 is 0 Å². The fourth-order valence-corrected chi connectivity index (χ4v) is 2.58. The third-order valence-electron chi connectivity index (χ3n) is 4.14. The number of benzene rings is 2. The normalized spacial score (nSPS) is 12.3. The lowest BCUT2D eigenvalue weighted by molar-refractivity contribution is 0.222. The molecule has 2 N–H and O–H groups in total. The number of aryl methyl sites for hydroxylation is 1. The first-order chi connectivity index (χ1) is 13.1. The van der Waals surface area contributed by atoms with Crippen molar-refractivity contribution in [1.29, 1.82) is 0 Å². The number of nitrogens with zero attached hydrogens (tertiary/aromatic N) is 1. The molecule has 1 unspecified atom stereocenters. The Labute approximate surface area is 161 Å². The molecule has 1 atom stereocenters. The first kappa shape index (κ1) is 20.4. The number of para-hydroxylation sites is 1. The number of ether oxygens (including phenoxy) is 3. The molecule has 0 heterocycles. The van der Waals surface area contributed by atoms with Crippen molar-refractivity contribution < 1.29 is 14.2 Å². The predicted molar refractivity (Wildman–Crippen MR) is 109 cm³/mol. The van der Waals surface area contributed by atoms with E-state index in [1.54, 1.807) is 21.3 Å². The Morgan fingerprint density at radius 2 is 1.81 bits per heavy atom. The molecule has 2 aromatic rings. The Bertz CT molecular complexity index is 762. The smallest absolute Gasteiger partial charge is 0.191 e. The van der Waals surface area contributed by atoms with Gasteiger partial charge in [-0.2, -0.15) is 0 Å². The summed E-state index contributed by atoms with van der Waals surface area (Å²) in [6.07, 6.45) is 0.000160. The van der Waals surface area contributed by atoms with Crippen molar-refractivity contribution in [3.63, 3.8) is 0 Å². The zero-order valence-electron chi connectivity index (χ0n) is 16.7. The molecular formula is C21H29N3O3. The zero-order chi connectivity index (χ0) is 19.6. The van der Waals surface area contributed by atoms with Gasteiger partial charge in [-0.25, -0.2) is 0 Å². The highest BCUT2D eigenvalue weighted by atomic mass is 16.5. The third kappa shape index (κ3) is 6.09. The fourth-order valence-electron chi connectivity index (χ4n) is 2.58. The molecule has 0 aliphatic rings. The summed E-state index contributed by atoms with van der Waals surface area (Å²) >= 11 is 0. The molecule has 0 amide bonds. The van der Waals surface area contributed by atoms with Gasteiger partial charge >= 0.3 is 0 Å². The van der Waals surface area contributed by atoms with Gasteiger partial charge < -0.3 is 24.8 Å². The summed E-state index contributed by atoms with van der Waals surface area (Å²) in [4.78, 5) is 4.26. The lowest BCUT2D eigenvalue weighted by Gasteiger charge is -2.19. The predicted octanol–water partition coefficient (Wildman–Crippen LogP) is 3.14. The summed E-state index contributed by atoms with van der Waals surface area (Å²) in [5.74, 6) is 3.14. The van der Waals surface area contributed by atoms with Gasteiger partial charge in [-0.3, -0.25) is 4.99 Å². The van der Waals surface area contributed by atoms with E-state index in [1.165, 1.54) is 0 Å². The molecule has 0 bridgehead atoms. The first-order valence-electron chi connectivity index (χ1n) is 8.95. The monoisotopic (exact) mass is 371 g/mol. The summed E-state index contributed by atoms with van der Waals surface area (Å²) in [6.45, 7) is 5.28. The summed E-state index contributed by atoms with van der Waals surface area (Å²) < 4.78 is 16.6. The van der Waals surface area contributed by atoms with E-state index in [9.17, 15) is 0 Å². The van der Waals surface area contributed by atoms with Crippen molar-refractivity contribution in [2.45, 2.75) is 26.5 Å². The van der Waals surface area contributed by atoms with Crippen LogP contribution < -0.4 is 24.8 Å². The van der Waals surface area contributed by atoms with Crippen LogP contribution in [0, 0.1) is 6.92 Å². The zero-order valence-corrected chi connectivity index (χ0v) is 16.7. The number of guanidine groups is 1. The molecule has 0 spiro atoms. The Morgan fingerprint density at radius 1 is 1.04 bits per heavy atom. The second-order valence-electron chi connectivity index (χ2n) is 6.18. The maximum atomic E-state index is 5.99. The Morgan fingerprint density at radius 3 is 2.48 bits per heavy atom. The molecule has 6 heteroatoms. The van der Waals surface area contributed by atoms with Crippen molar-refractivity contribution in [2.75, 3.05) is 27.8 Å². The van der Waals surface area contributed by atoms with Crippen LogP contribution in [-0.2, 0) is 6.54 Å². The highest BCUT2D eigenvalue weighted by Gasteiger charge is 2.09. The molecule has 0 aliphatic carbocycles. The van der Waals surface area contributed by atoms with E-state index in [0.29, 0.717) is 19.0 Å². The topological polar surface area (TPSA) is 64.1 Å². The molecule has 0 radical (unpaired) electrons. The Hall–Kier alpha value is -2.89. The minimum absolute atomic E-state index is 0.000160. The number of aliphatic imine (C=N–C) groups is 1. The maximum Gasteiger partial charge on any atom is 0.191 e. The van der Waals surface area contributed by atoms with E-state index in [2.05, 4.69) is 15.6 Å². The molecule has 0 saturated carbocycles. The summed E-state index contributed by atoms with van der Waals surface area (Å²) in [5.41, 5.74) is 2.14. The van der Waals surface area contributed by atoms with E-state index < -0.39 is 0 Å². The van der Waals surface area contributed by atoms with Crippen LogP contribution in [0.4, 0.5) is 0 Å². The Kier molecular flexibility index (Phi) is 7.79. The lowest BCUT2D eigenvalue weighted by Crippen LogP contribution is -2.41. The molecular weight excluding hydrogens is 342 g/mol. The first-order valence-corrected chi connectivity index (χ1v) is 8.95. The average molecular weight is 371 g/mol. The molecule has 0 aromatic heterocycles. The van der Waals surface area contributed by atoms with Crippen LogP contribution >= 0.6 is 0 Å². The van der Waals surface area contributed by atoms with Gasteiger partial charge in [-0.1, -0.05) is 18.2 Å². The standard InChI is InChI=1S/C21H29N3O3/c1-15-8-6-7-9-19(15)27-16(2)13-23-21(22-3)24-14-17-10-11-18(25-4)12-20(17)26-5/h6-12,16H,13-14H2,1-5H3,(H2,22,23,24). The molecule has 27 heavy (non-hydrogen) atoms. The second kappa shape index (κ2) is 10.3. The van der Waals surface area contributed by atoms with Gasteiger partial charge in [0.15, 0.2) is 5.96 Å². The lowest BCUT2D eigenvalue weighted by atomic mass is 10.2. The van der Waals surface area contributed by atoms with Crippen LogP contribution in [0.2, 0.25) is 0 Å². The molecule has 2 aromatic carbocycles.